The lowest BCUT2D eigenvalue weighted by Gasteiger charge is -2.27. The van der Waals surface area contributed by atoms with E-state index in [0.29, 0.717) is 16.5 Å². The lowest BCUT2D eigenvalue weighted by atomic mass is 9.86. The van der Waals surface area contributed by atoms with Crippen molar-refractivity contribution in [1.82, 2.24) is 5.32 Å². The number of esters is 1. The Labute approximate surface area is 143 Å². The van der Waals surface area contributed by atoms with Gasteiger partial charge in [0.15, 0.2) is 0 Å². The number of carboxylic acid groups (broad SMARTS) is 1. The third-order valence-corrected chi connectivity index (χ3v) is 4.31. The van der Waals surface area contributed by atoms with Crippen LogP contribution < -0.4 is 5.32 Å². The van der Waals surface area contributed by atoms with Gasteiger partial charge in [-0.1, -0.05) is 11.8 Å². The number of carbonyl (C=O) groups is 2. The number of furan rings is 1. The molecular formula is C16H16N2O5S. The minimum absolute atomic E-state index is 0.201. The summed E-state index contributed by atoms with van der Waals surface area (Å²) < 4.78 is 10.5. The number of rotatable bonds is 6. The third kappa shape index (κ3) is 3.63. The summed E-state index contributed by atoms with van der Waals surface area (Å²) in [4.78, 5) is 23.2. The van der Waals surface area contributed by atoms with Crippen molar-refractivity contribution >= 4 is 23.7 Å². The summed E-state index contributed by atoms with van der Waals surface area (Å²) in [5.41, 5.74) is 1.01. The standard InChI is InChI=1S/C16H16N2O5S/c1-3-22-16(21)13-9(2)18-15(24-8-12(19)20)10(7-17)14(13)11-5-4-6-23-11/h4-6,14,18H,3,8H2,1-2H3,(H,19,20)/t14-/m1/s1. The molecule has 0 saturated carbocycles. The Balaban J connectivity index is 2.51. The van der Waals surface area contributed by atoms with Crippen molar-refractivity contribution in [2.45, 2.75) is 19.8 Å². The van der Waals surface area contributed by atoms with Gasteiger partial charge in [-0.15, -0.1) is 0 Å². The smallest absolute Gasteiger partial charge is 0.336 e. The van der Waals surface area contributed by atoms with Crippen LogP contribution in [0.2, 0.25) is 0 Å². The Hall–Kier alpha value is -2.66. The highest BCUT2D eigenvalue weighted by Crippen LogP contribution is 2.41. The van der Waals surface area contributed by atoms with Gasteiger partial charge in [-0.2, -0.15) is 5.26 Å². The van der Waals surface area contributed by atoms with Crippen LogP contribution in [0.25, 0.3) is 0 Å². The minimum atomic E-state index is -1.00. The van der Waals surface area contributed by atoms with Crippen LogP contribution in [0, 0.1) is 11.3 Å². The van der Waals surface area contributed by atoms with Crippen LogP contribution in [-0.4, -0.2) is 29.4 Å². The summed E-state index contributed by atoms with van der Waals surface area (Å²) in [7, 11) is 0. The molecule has 0 saturated heterocycles. The number of hydrogen-bond donors (Lipinski definition) is 2. The number of dihydropyridines is 1. The maximum atomic E-state index is 12.4. The van der Waals surface area contributed by atoms with E-state index in [1.807, 2.05) is 0 Å². The molecule has 126 valence electrons. The fourth-order valence-corrected chi connectivity index (χ4v) is 3.19. The van der Waals surface area contributed by atoms with Gasteiger partial charge in [-0.25, -0.2) is 4.79 Å². The topological polar surface area (TPSA) is 113 Å². The third-order valence-electron chi connectivity index (χ3n) is 3.31. The number of carboxylic acids is 1. The van der Waals surface area contributed by atoms with E-state index in [-0.39, 0.29) is 23.5 Å². The fourth-order valence-electron chi connectivity index (χ4n) is 2.38. The summed E-state index contributed by atoms with van der Waals surface area (Å²) in [6.45, 7) is 3.57. The molecule has 0 bridgehead atoms. The molecule has 1 aromatic heterocycles. The van der Waals surface area contributed by atoms with Crippen molar-refractivity contribution in [2.24, 2.45) is 0 Å². The second-order valence-corrected chi connectivity index (χ2v) is 5.86. The van der Waals surface area contributed by atoms with Crippen LogP contribution in [0.5, 0.6) is 0 Å². The molecule has 24 heavy (non-hydrogen) atoms. The van der Waals surface area contributed by atoms with Crippen LogP contribution in [0.4, 0.5) is 0 Å². The van der Waals surface area contributed by atoms with E-state index in [2.05, 4.69) is 11.4 Å². The van der Waals surface area contributed by atoms with Gasteiger partial charge in [0.1, 0.15) is 5.76 Å². The monoisotopic (exact) mass is 348 g/mol. The van der Waals surface area contributed by atoms with Crippen LogP contribution in [-0.2, 0) is 14.3 Å². The second-order valence-electron chi connectivity index (χ2n) is 4.87. The molecular weight excluding hydrogens is 332 g/mol. The van der Waals surface area contributed by atoms with Gasteiger partial charge < -0.3 is 19.6 Å². The molecule has 0 aliphatic carbocycles. The molecule has 1 aromatic rings. The minimum Gasteiger partial charge on any atom is -0.481 e. The molecule has 0 radical (unpaired) electrons. The SMILES string of the molecule is CCOC(=O)C1=C(C)NC(SCC(=O)O)=C(C#N)[C@@H]1c1ccco1. The van der Waals surface area contributed by atoms with E-state index in [0.717, 1.165) is 11.8 Å². The summed E-state index contributed by atoms with van der Waals surface area (Å²) in [5, 5.41) is 21.8. The number of aliphatic carboxylic acids is 1. The molecule has 0 amide bonds. The van der Waals surface area contributed by atoms with E-state index in [4.69, 9.17) is 14.3 Å². The molecule has 0 aromatic carbocycles. The number of nitrogens with one attached hydrogen (secondary N) is 1. The zero-order valence-corrected chi connectivity index (χ0v) is 14.0. The van der Waals surface area contributed by atoms with Crippen molar-refractivity contribution < 1.29 is 23.8 Å². The van der Waals surface area contributed by atoms with E-state index in [1.165, 1.54) is 6.26 Å². The summed E-state index contributed by atoms with van der Waals surface area (Å²) in [6.07, 6.45) is 1.45. The Morgan fingerprint density at radius 2 is 2.29 bits per heavy atom. The number of ether oxygens (including phenoxy) is 1. The molecule has 1 aliphatic rings. The molecule has 2 heterocycles. The van der Waals surface area contributed by atoms with Crippen LogP contribution >= 0.6 is 11.8 Å². The Morgan fingerprint density at radius 1 is 1.54 bits per heavy atom. The molecule has 0 fully saturated rings. The molecule has 1 aliphatic heterocycles. The van der Waals surface area contributed by atoms with Crippen LogP contribution in [0.3, 0.4) is 0 Å². The number of thioether (sulfide) groups is 1. The molecule has 2 rings (SSSR count). The predicted molar refractivity (Wildman–Crippen MR) is 86.7 cm³/mol. The van der Waals surface area contributed by atoms with Crippen molar-refractivity contribution in [2.75, 3.05) is 12.4 Å². The first-order valence-electron chi connectivity index (χ1n) is 7.16. The fraction of sp³-hybridized carbons (Fsp3) is 0.312. The largest absolute Gasteiger partial charge is 0.481 e. The first kappa shape index (κ1) is 17.7. The van der Waals surface area contributed by atoms with Crippen LogP contribution in [0.1, 0.15) is 25.5 Å². The molecule has 2 N–H and O–H groups in total. The molecule has 8 heteroatoms. The molecule has 0 spiro atoms. The average Bonchev–Trinajstić information content (AvgIpc) is 3.06. The zero-order valence-electron chi connectivity index (χ0n) is 13.2. The predicted octanol–water partition coefficient (Wildman–Crippen LogP) is 2.36. The van der Waals surface area contributed by atoms with Crippen molar-refractivity contribution in [3.8, 4) is 6.07 Å². The van der Waals surface area contributed by atoms with Gasteiger partial charge in [0.05, 0.1) is 46.8 Å². The number of carbonyl (C=O) groups excluding carboxylic acids is 1. The van der Waals surface area contributed by atoms with Crippen molar-refractivity contribution in [3.63, 3.8) is 0 Å². The number of nitrogens with zero attached hydrogens (tertiary/aromatic N) is 1. The van der Waals surface area contributed by atoms with E-state index < -0.39 is 17.9 Å². The van der Waals surface area contributed by atoms with E-state index in [9.17, 15) is 14.9 Å². The number of allylic oxidation sites excluding steroid dienone is 2. The Kier molecular flexibility index (Phi) is 5.71. The lowest BCUT2D eigenvalue weighted by Crippen LogP contribution is -2.29. The van der Waals surface area contributed by atoms with E-state index in [1.54, 1.807) is 26.0 Å². The van der Waals surface area contributed by atoms with Gasteiger partial charge in [-0.05, 0) is 26.0 Å². The lowest BCUT2D eigenvalue weighted by molar-refractivity contribution is -0.139. The maximum absolute atomic E-state index is 12.4. The van der Waals surface area contributed by atoms with Crippen LogP contribution in [0.15, 0.2) is 44.7 Å². The normalized spacial score (nSPS) is 17.3. The van der Waals surface area contributed by atoms with Gasteiger partial charge in [0, 0.05) is 5.70 Å². The van der Waals surface area contributed by atoms with Gasteiger partial charge in [-0.3, -0.25) is 4.79 Å². The highest BCUT2D eigenvalue weighted by molar-refractivity contribution is 8.03. The second kappa shape index (κ2) is 7.75. The average molecular weight is 348 g/mol. The maximum Gasteiger partial charge on any atom is 0.336 e. The first-order chi connectivity index (χ1) is 11.5. The van der Waals surface area contributed by atoms with Crippen molar-refractivity contribution in [3.05, 3.63) is 46.0 Å². The quantitative estimate of drug-likeness (QED) is 0.753. The molecule has 7 nitrogen and oxygen atoms in total. The number of hydrogen-bond acceptors (Lipinski definition) is 7. The van der Waals surface area contributed by atoms with Gasteiger partial charge in [0.25, 0.3) is 0 Å². The van der Waals surface area contributed by atoms with E-state index >= 15 is 0 Å². The highest BCUT2D eigenvalue weighted by atomic mass is 32.2. The summed E-state index contributed by atoms with van der Waals surface area (Å²) in [5.74, 6) is -2.07. The zero-order chi connectivity index (χ0) is 17.7. The molecule has 1 atom stereocenters. The highest BCUT2D eigenvalue weighted by Gasteiger charge is 2.37. The summed E-state index contributed by atoms with van der Waals surface area (Å²) in [6, 6.07) is 5.39. The Bertz CT molecular complexity index is 743. The van der Waals surface area contributed by atoms with Gasteiger partial charge >= 0.3 is 11.9 Å². The first-order valence-corrected chi connectivity index (χ1v) is 8.15. The summed E-state index contributed by atoms with van der Waals surface area (Å²) >= 11 is 0.989. The molecule has 0 unspecified atom stereocenters. The Morgan fingerprint density at radius 3 is 2.83 bits per heavy atom. The van der Waals surface area contributed by atoms with Gasteiger partial charge in [0.2, 0.25) is 0 Å². The van der Waals surface area contributed by atoms with Crippen molar-refractivity contribution in [1.29, 1.82) is 5.26 Å². The number of nitriles is 1.